The average Bonchev–Trinajstić information content (AvgIpc) is 2.49. The van der Waals surface area contributed by atoms with E-state index in [9.17, 15) is 19.3 Å². The lowest BCUT2D eigenvalue weighted by molar-refractivity contribution is -0.384. The number of nitro groups is 1. The summed E-state index contributed by atoms with van der Waals surface area (Å²) in [5.41, 5.74) is 0.218. The Hall–Kier alpha value is -2.58. The molecule has 0 unspecified atom stereocenters. The second-order valence-corrected chi connectivity index (χ2v) is 5.15. The minimum Gasteiger partial charge on any atom is -0.331 e. The van der Waals surface area contributed by atoms with Gasteiger partial charge in [-0.15, -0.1) is 0 Å². The lowest BCUT2D eigenvalue weighted by Crippen LogP contribution is -2.34. The van der Waals surface area contributed by atoms with Crippen molar-refractivity contribution in [2.45, 2.75) is 0 Å². The molecule has 2 aromatic rings. The number of hydrogen-bond acceptors (Lipinski definition) is 4. The van der Waals surface area contributed by atoms with E-state index in [0.717, 1.165) is 12.1 Å². The highest BCUT2D eigenvalue weighted by molar-refractivity contribution is 7.80. The molecule has 0 aliphatic heterocycles. The third kappa shape index (κ3) is 4.44. The molecule has 0 heterocycles. The highest BCUT2D eigenvalue weighted by Gasteiger charge is 2.12. The second kappa shape index (κ2) is 7.12. The molecule has 9 heteroatoms. The number of amides is 1. The largest absolute Gasteiger partial charge is 0.331 e. The summed E-state index contributed by atoms with van der Waals surface area (Å²) in [6, 6.07) is 8.66. The predicted molar refractivity (Wildman–Crippen MR) is 88.2 cm³/mol. The van der Waals surface area contributed by atoms with Gasteiger partial charge in [-0.3, -0.25) is 20.2 Å². The summed E-state index contributed by atoms with van der Waals surface area (Å²) in [6.45, 7) is 0. The summed E-state index contributed by atoms with van der Waals surface area (Å²) >= 11 is 10.9. The summed E-state index contributed by atoms with van der Waals surface area (Å²) in [6.07, 6.45) is 0. The van der Waals surface area contributed by atoms with E-state index in [-0.39, 0.29) is 27.1 Å². The minimum absolute atomic E-state index is 0.0956. The number of carbonyl (C=O) groups is 1. The molecule has 23 heavy (non-hydrogen) atoms. The zero-order valence-corrected chi connectivity index (χ0v) is 13.0. The summed E-state index contributed by atoms with van der Waals surface area (Å²) in [4.78, 5) is 22.1. The van der Waals surface area contributed by atoms with Crippen LogP contribution in [0.3, 0.4) is 0 Å². The standard InChI is InChI=1S/C14H9ClFN3O3S/c15-11-6-5-10(19(21)22)7-12(11)17-14(23)18-13(20)8-1-3-9(16)4-2-8/h1-7H,(H2,17,18,20,23). The molecule has 2 aromatic carbocycles. The molecule has 0 spiro atoms. The monoisotopic (exact) mass is 353 g/mol. The Labute approximate surface area is 140 Å². The zero-order chi connectivity index (χ0) is 17.0. The number of rotatable bonds is 3. The number of thiocarbonyl (C=S) groups is 1. The maximum atomic E-state index is 12.8. The normalized spacial score (nSPS) is 10.0. The van der Waals surface area contributed by atoms with Crippen LogP contribution in [0.1, 0.15) is 10.4 Å². The number of halogens is 2. The molecule has 6 nitrogen and oxygen atoms in total. The lowest BCUT2D eigenvalue weighted by Gasteiger charge is -2.10. The van der Waals surface area contributed by atoms with E-state index in [0.29, 0.717) is 0 Å². The van der Waals surface area contributed by atoms with Crippen molar-refractivity contribution in [2.75, 3.05) is 5.32 Å². The Balaban J connectivity index is 2.07. The number of nitrogens with zero attached hydrogens (tertiary/aromatic N) is 1. The third-order valence-corrected chi connectivity index (χ3v) is 3.28. The summed E-state index contributed by atoms with van der Waals surface area (Å²) in [7, 11) is 0. The maximum absolute atomic E-state index is 12.8. The van der Waals surface area contributed by atoms with E-state index in [1.807, 2.05) is 0 Å². The molecule has 118 valence electrons. The number of nitrogens with one attached hydrogen (secondary N) is 2. The Morgan fingerprint density at radius 1 is 1.22 bits per heavy atom. The van der Waals surface area contributed by atoms with Gasteiger partial charge >= 0.3 is 0 Å². The van der Waals surface area contributed by atoms with Gasteiger partial charge in [-0.2, -0.15) is 0 Å². The van der Waals surface area contributed by atoms with Crippen molar-refractivity contribution in [3.8, 4) is 0 Å². The van der Waals surface area contributed by atoms with Crippen molar-refractivity contribution in [1.82, 2.24) is 5.32 Å². The van der Waals surface area contributed by atoms with Crippen LogP contribution in [-0.2, 0) is 0 Å². The van der Waals surface area contributed by atoms with Crippen molar-refractivity contribution in [3.05, 3.63) is 69.0 Å². The molecule has 2 N–H and O–H groups in total. The first-order chi connectivity index (χ1) is 10.9. The Kier molecular flexibility index (Phi) is 5.20. The van der Waals surface area contributed by atoms with Crippen LogP contribution in [0.5, 0.6) is 0 Å². The summed E-state index contributed by atoms with van der Waals surface area (Å²) < 4.78 is 12.8. The first-order valence-corrected chi connectivity index (χ1v) is 6.97. The van der Waals surface area contributed by atoms with Gasteiger partial charge in [0.2, 0.25) is 0 Å². The van der Waals surface area contributed by atoms with Gasteiger partial charge < -0.3 is 5.32 Å². The molecule has 0 aliphatic rings. The third-order valence-electron chi connectivity index (χ3n) is 2.74. The van der Waals surface area contributed by atoms with Crippen LogP contribution >= 0.6 is 23.8 Å². The first kappa shape index (κ1) is 16.8. The van der Waals surface area contributed by atoms with Crippen LogP contribution < -0.4 is 10.6 Å². The van der Waals surface area contributed by atoms with Gasteiger partial charge in [0.05, 0.1) is 15.6 Å². The van der Waals surface area contributed by atoms with Crippen LogP contribution in [0, 0.1) is 15.9 Å². The SMILES string of the molecule is O=C(NC(=S)Nc1cc([N+](=O)[O-])ccc1Cl)c1ccc(F)cc1. The van der Waals surface area contributed by atoms with Crippen molar-refractivity contribution in [3.63, 3.8) is 0 Å². The maximum Gasteiger partial charge on any atom is 0.271 e. The van der Waals surface area contributed by atoms with E-state index in [2.05, 4.69) is 10.6 Å². The smallest absolute Gasteiger partial charge is 0.271 e. The Morgan fingerprint density at radius 2 is 1.87 bits per heavy atom. The van der Waals surface area contributed by atoms with Crippen LogP contribution in [0.2, 0.25) is 5.02 Å². The van der Waals surface area contributed by atoms with E-state index in [1.165, 1.54) is 30.3 Å². The number of anilines is 1. The molecule has 0 fully saturated rings. The van der Waals surface area contributed by atoms with Gasteiger partial charge in [-0.05, 0) is 42.5 Å². The summed E-state index contributed by atoms with van der Waals surface area (Å²) in [5, 5.41) is 15.8. The van der Waals surface area contributed by atoms with Gasteiger partial charge in [0.25, 0.3) is 11.6 Å². The number of non-ortho nitro benzene ring substituents is 1. The van der Waals surface area contributed by atoms with Crippen LogP contribution in [0.4, 0.5) is 15.8 Å². The average molecular weight is 354 g/mol. The molecular weight excluding hydrogens is 345 g/mol. The Bertz CT molecular complexity index is 783. The highest BCUT2D eigenvalue weighted by Crippen LogP contribution is 2.26. The number of nitro benzene ring substituents is 1. The zero-order valence-electron chi connectivity index (χ0n) is 11.4. The molecule has 0 aliphatic carbocycles. The van der Waals surface area contributed by atoms with Gasteiger partial charge in [0, 0.05) is 17.7 Å². The van der Waals surface area contributed by atoms with Gasteiger partial charge in [-0.25, -0.2) is 4.39 Å². The summed E-state index contributed by atoms with van der Waals surface area (Å²) in [5.74, 6) is -1.02. The molecule has 1 amide bonds. The van der Waals surface area contributed by atoms with Gasteiger partial charge in [0.1, 0.15) is 5.82 Å². The highest BCUT2D eigenvalue weighted by atomic mass is 35.5. The van der Waals surface area contributed by atoms with E-state index < -0.39 is 16.6 Å². The van der Waals surface area contributed by atoms with Crippen molar-refractivity contribution in [1.29, 1.82) is 0 Å². The fraction of sp³-hybridized carbons (Fsp3) is 0. The lowest BCUT2D eigenvalue weighted by atomic mass is 10.2. The topological polar surface area (TPSA) is 84.3 Å². The molecular formula is C14H9ClFN3O3S. The second-order valence-electron chi connectivity index (χ2n) is 4.34. The molecule has 0 aromatic heterocycles. The first-order valence-electron chi connectivity index (χ1n) is 6.18. The fourth-order valence-electron chi connectivity index (χ4n) is 1.65. The quantitative estimate of drug-likeness (QED) is 0.501. The molecule has 2 rings (SSSR count). The van der Waals surface area contributed by atoms with Crippen LogP contribution in [0.15, 0.2) is 42.5 Å². The van der Waals surface area contributed by atoms with Crippen LogP contribution in [0.25, 0.3) is 0 Å². The van der Waals surface area contributed by atoms with Gasteiger partial charge in [0.15, 0.2) is 5.11 Å². The van der Waals surface area contributed by atoms with Crippen LogP contribution in [-0.4, -0.2) is 15.9 Å². The van der Waals surface area contributed by atoms with E-state index in [4.69, 9.17) is 23.8 Å². The molecule has 0 radical (unpaired) electrons. The number of carbonyl (C=O) groups excluding carboxylic acids is 1. The number of benzene rings is 2. The molecule has 0 atom stereocenters. The van der Waals surface area contributed by atoms with Crippen molar-refractivity contribution < 1.29 is 14.1 Å². The van der Waals surface area contributed by atoms with Crippen molar-refractivity contribution in [2.24, 2.45) is 0 Å². The Morgan fingerprint density at radius 3 is 2.48 bits per heavy atom. The minimum atomic E-state index is -0.582. The number of hydrogen-bond donors (Lipinski definition) is 2. The molecule has 0 saturated heterocycles. The predicted octanol–water partition coefficient (Wildman–Crippen LogP) is 3.51. The van der Waals surface area contributed by atoms with E-state index in [1.54, 1.807) is 0 Å². The fourth-order valence-corrected chi connectivity index (χ4v) is 2.02. The van der Waals surface area contributed by atoms with Crippen molar-refractivity contribution >= 4 is 46.2 Å². The molecule has 0 bridgehead atoms. The van der Waals surface area contributed by atoms with E-state index >= 15 is 0 Å². The molecule has 0 saturated carbocycles. The van der Waals surface area contributed by atoms with Gasteiger partial charge in [-0.1, -0.05) is 11.6 Å².